The minimum Gasteiger partial charge on any atom is -0.351 e. The summed E-state index contributed by atoms with van der Waals surface area (Å²) in [7, 11) is 0. The second-order valence-electron chi connectivity index (χ2n) is 7.23. The normalized spacial score (nSPS) is 18.3. The Balaban J connectivity index is 1.69. The van der Waals surface area contributed by atoms with E-state index in [9.17, 15) is 4.39 Å². The summed E-state index contributed by atoms with van der Waals surface area (Å²) in [4.78, 5) is 6.42. The summed E-state index contributed by atoms with van der Waals surface area (Å²) in [5.41, 5.74) is 3.26. The minimum absolute atomic E-state index is 0.242. The lowest BCUT2D eigenvalue weighted by molar-refractivity contribution is 0.542. The van der Waals surface area contributed by atoms with Crippen LogP contribution in [0.25, 0.3) is 5.69 Å². The summed E-state index contributed by atoms with van der Waals surface area (Å²) in [6.45, 7) is 0. The van der Waals surface area contributed by atoms with Gasteiger partial charge >= 0.3 is 0 Å². The highest BCUT2D eigenvalue weighted by atomic mass is 79.9. The molecular formula is C24H18BrFN4S. The number of aromatic nitrogens is 2. The predicted molar refractivity (Wildman–Crippen MR) is 128 cm³/mol. The number of rotatable bonds is 4. The predicted octanol–water partition coefficient (Wildman–Crippen LogP) is 5.95. The molecule has 4 nitrogen and oxygen atoms in total. The fraction of sp³-hybridized carbons (Fsp3) is 0.0833. The fourth-order valence-corrected chi connectivity index (χ4v) is 4.78. The molecule has 5 rings (SSSR count). The molecule has 1 aliphatic heterocycles. The van der Waals surface area contributed by atoms with Crippen LogP contribution in [0.15, 0.2) is 95.7 Å². The highest BCUT2D eigenvalue weighted by Crippen LogP contribution is 2.42. The number of hydrogen-bond donors (Lipinski definition) is 1. The van der Waals surface area contributed by atoms with Crippen LogP contribution >= 0.6 is 28.1 Å². The second kappa shape index (κ2) is 8.24. The van der Waals surface area contributed by atoms with Gasteiger partial charge in [0.1, 0.15) is 11.9 Å². The van der Waals surface area contributed by atoms with Crippen LogP contribution in [-0.4, -0.2) is 14.7 Å². The van der Waals surface area contributed by atoms with Crippen LogP contribution in [0.3, 0.4) is 0 Å². The van der Waals surface area contributed by atoms with Gasteiger partial charge in [-0.25, -0.2) is 4.39 Å². The molecule has 0 spiro atoms. The number of pyridine rings is 1. The molecule has 4 aromatic rings. The van der Waals surface area contributed by atoms with Crippen LogP contribution in [-0.2, 0) is 0 Å². The lowest BCUT2D eigenvalue weighted by Crippen LogP contribution is -2.31. The Labute approximate surface area is 193 Å². The number of halogens is 2. The fourth-order valence-electron chi connectivity index (χ4n) is 4.06. The standard InChI is InChI=1S/C24H18BrFN4S/c25-16-7-5-8-17(15-16)29-14-6-12-21(29)23-22(19-10-3-4-13-27-19)28-24(31)30(23)20-11-2-1-9-18(20)26/h1-15,22-23H,(H,28,31)/t22-,23-/m1/s1. The molecule has 2 aromatic carbocycles. The number of nitrogens with one attached hydrogen (secondary N) is 1. The van der Waals surface area contributed by atoms with Crippen LogP contribution in [0.1, 0.15) is 23.5 Å². The number of hydrogen-bond acceptors (Lipinski definition) is 2. The molecule has 0 bridgehead atoms. The van der Waals surface area contributed by atoms with Gasteiger partial charge in [0.25, 0.3) is 0 Å². The average Bonchev–Trinajstić information content (AvgIpc) is 3.39. The Morgan fingerprint density at radius 2 is 1.81 bits per heavy atom. The van der Waals surface area contributed by atoms with Gasteiger partial charge in [-0.05, 0) is 66.8 Å². The van der Waals surface area contributed by atoms with Crippen molar-refractivity contribution < 1.29 is 4.39 Å². The zero-order valence-corrected chi connectivity index (χ0v) is 18.7. The van der Waals surface area contributed by atoms with E-state index in [1.807, 2.05) is 71.8 Å². The van der Waals surface area contributed by atoms with Crippen molar-refractivity contribution in [2.45, 2.75) is 12.1 Å². The summed E-state index contributed by atoms with van der Waals surface area (Å²) in [6.07, 6.45) is 3.77. The molecule has 1 fully saturated rings. The van der Waals surface area contributed by atoms with E-state index in [0.29, 0.717) is 10.8 Å². The lowest BCUT2D eigenvalue weighted by Gasteiger charge is -2.29. The molecule has 0 unspecified atom stereocenters. The number of benzene rings is 2. The van der Waals surface area contributed by atoms with Gasteiger partial charge in [0.15, 0.2) is 5.11 Å². The quantitative estimate of drug-likeness (QED) is 0.356. The summed E-state index contributed by atoms with van der Waals surface area (Å²) in [6, 6.07) is 24.1. The Morgan fingerprint density at radius 1 is 0.968 bits per heavy atom. The first kappa shape index (κ1) is 19.9. The average molecular weight is 493 g/mol. The van der Waals surface area contributed by atoms with E-state index in [1.165, 1.54) is 6.07 Å². The van der Waals surface area contributed by atoms with Crippen LogP contribution in [0.4, 0.5) is 10.1 Å². The Morgan fingerprint density at radius 3 is 2.58 bits per heavy atom. The van der Waals surface area contributed by atoms with Gasteiger partial charge in [0, 0.05) is 28.2 Å². The largest absolute Gasteiger partial charge is 0.351 e. The summed E-state index contributed by atoms with van der Waals surface area (Å²) in [5.74, 6) is -0.320. The highest BCUT2D eigenvalue weighted by molar-refractivity contribution is 9.10. The lowest BCUT2D eigenvalue weighted by atomic mass is 10.0. The Kier molecular flexibility index (Phi) is 5.29. The maximum atomic E-state index is 14.9. The van der Waals surface area contributed by atoms with E-state index in [-0.39, 0.29) is 17.9 Å². The molecule has 2 aromatic heterocycles. The van der Waals surface area contributed by atoms with Crippen LogP contribution in [0.5, 0.6) is 0 Å². The molecule has 154 valence electrons. The van der Waals surface area contributed by atoms with Gasteiger partial charge in [-0.15, -0.1) is 0 Å². The van der Waals surface area contributed by atoms with Gasteiger partial charge in [-0.3, -0.25) is 4.98 Å². The zero-order valence-electron chi connectivity index (χ0n) is 16.3. The van der Waals surface area contributed by atoms with E-state index in [4.69, 9.17) is 12.2 Å². The van der Waals surface area contributed by atoms with Crippen molar-refractivity contribution in [2.75, 3.05) is 4.90 Å². The van der Waals surface area contributed by atoms with Crippen molar-refractivity contribution in [3.05, 3.63) is 113 Å². The summed E-state index contributed by atoms with van der Waals surface area (Å²) in [5, 5.41) is 3.85. The third-order valence-corrected chi connectivity index (χ3v) is 6.19. The minimum atomic E-state index is -0.320. The SMILES string of the molecule is Fc1ccccc1N1C(=S)N[C@H](c2ccccn2)[C@H]1c1cccn1-c1cccc(Br)c1. The smallest absolute Gasteiger partial charge is 0.174 e. The van der Waals surface area contributed by atoms with Crippen molar-refractivity contribution in [1.29, 1.82) is 0 Å². The van der Waals surface area contributed by atoms with E-state index in [2.05, 4.69) is 30.8 Å². The van der Waals surface area contributed by atoms with Crippen molar-refractivity contribution in [2.24, 2.45) is 0 Å². The van der Waals surface area contributed by atoms with Crippen molar-refractivity contribution in [3.63, 3.8) is 0 Å². The molecule has 0 saturated carbocycles. The molecule has 1 saturated heterocycles. The van der Waals surface area contributed by atoms with E-state index in [0.717, 1.165) is 21.5 Å². The molecule has 0 aliphatic carbocycles. The second-order valence-corrected chi connectivity index (χ2v) is 8.53. The zero-order chi connectivity index (χ0) is 21.4. The number of thiocarbonyl (C=S) groups is 1. The number of nitrogens with zero attached hydrogens (tertiary/aromatic N) is 3. The van der Waals surface area contributed by atoms with E-state index < -0.39 is 0 Å². The molecule has 0 amide bonds. The van der Waals surface area contributed by atoms with Crippen LogP contribution in [0, 0.1) is 5.82 Å². The van der Waals surface area contributed by atoms with Gasteiger partial charge in [0.05, 0.1) is 17.4 Å². The maximum absolute atomic E-state index is 14.9. The molecule has 7 heteroatoms. The van der Waals surface area contributed by atoms with Crippen molar-refractivity contribution in [3.8, 4) is 5.69 Å². The van der Waals surface area contributed by atoms with Crippen LogP contribution < -0.4 is 10.2 Å². The molecule has 1 aliphatic rings. The molecule has 1 N–H and O–H groups in total. The third kappa shape index (κ3) is 3.64. The molecular weight excluding hydrogens is 475 g/mol. The van der Waals surface area contributed by atoms with Crippen LogP contribution in [0.2, 0.25) is 0 Å². The molecule has 31 heavy (non-hydrogen) atoms. The first-order valence-electron chi connectivity index (χ1n) is 9.82. The molecule has 2 atom stereocenters. The van der Waals surface area contributed by atoms with Gasteiger partial charge < -0.3 is 14.8 Å². The third-order valence-electron chi connectivity index (χ3n) is 5.38. The van der Waals surface area contributed by atoms with Gasteiger partial charge in [-0.2, -0.15) is 0 Å². The monoisotopic (exact) mass is 492 g/mol. The first-order valence-corrected chi connectivity index (χ1v) is 11.0. The Hall–Kier alpha value is -3.03. The number of anilines is 1. The van der Waals surface area contributed by atoms with Crippen molar-refractivity contribution >= 4 is 38.9 Å². The van der Waals surface area contributed by atoms with E-state index in [1.54, 1.807) is 18.3 Å². The van der Waals surface area contributed by atoms with Crippen molar-refractivity contribution in [1.82, 2.24) is 14.9 Å². The number of para-hydroxylation sites is 1. The molecule has 3 heterocycles. The topological polar surface area (TPSA) is 33.1 Å². The van der Waals surface area contributed by atoms with E-state index >= 15 is 0 Å². The highest BCUT2D eigenvalue weighted by Gasteiger charge is 2.42. The molecule has 0 radical (unpaired) electrons. The summed E-state index contributed by atoms with van der Waals surface area (Å²) >= 11 is 9.25. The first-order chi connectivity index (χ1) is 15.1. The summed E-state index contributed by atoms with van der Waals surface area (Å²) < 4.78 is 18.0. The van der Waals surface area contributed by atoms with Gasteiger partial charge in [-0.1, -0.05) is 40.2 Å². The van der Waals surface area contributed by atoms with Gasteiger partial charge in [0.2, 0.25) is 0 Å². The Bertz CT molecular complexity index is 1240. The maximum Gasteiger partial charge on any atom is 0.174 e.